The van der Waals surface area contributed by atoms with Gasteiger partial charge in [-0.2, -0.15) is 0 Å². The highest BCUT2D eigenvalue weighted by molar-refractivity contribution is 7.90. The molecule has 11 heteroatoms. The topological polar surface area (TPSA) is 60.2 Å². The lowest BCUT2D eigenvalue weighted by Crippen LogP contribution is -2.05. The molecule has 0 saturated heterocycles. The Bertz CT molecular complexity index is 1140. The molecule has 0 aliphatic rings. The third kappa shape index (κ3) is 3.87. The first-order valence-electron chi connectivity index (χ1n) is 7.42. The lowest BCUT2D eigenvalue weighted by atomic mass is 9.99. The Morgan fingerprint density at radius 3 is 1.96 bits per heavy atom. The minimum absolute atomic E-state index is 0.163. The van der Waals surface area contributed by atoms with Crippen LogP contribution in [0.25, 0.3) is 22.4 Å². The summed E-state index contributed by atoms with van der Waals surface area (Å²) in [7, 11) is -4.22. The van der Waals surface area contributed by atoms with Gasteiger partial charge in [0.2, 0.25) is 5.76 Å². The monoisotopic (exact) mass is 453 g/mol. The standard InChI is InChI=1S/C17H9Cl2F4NO3S/c1-28(25,26)16-11(20)4-7(5-12(16)21)13-14(24-27-15(13)17(22)23)8-2-9(18)6-10(19)3-8/h2-6,17H,1H3. The molecule has 0 atom stereocenters. The van der Waals surface area contributed by atoms with E-state index in [4.69, 9.17) is 23.2 Å². The van der Waals surface area contributed by atoms with Gasteiger partial charge in [0.05, 0.1) is 5.56 Å². The molecule has 0 bridgehead atoms. The molecule has 0 fully saturated rings. The highest BCUT2D eigenvalue weighted by Gasteiger charge is 2.29. The first-order chi connectivity index (χ1) is 13.0. The van der Waals surface area contributed by atoms with Crippen molar-refractivity contribution in [2.24, 2.45) is 0 Å². The Balaban J connectivity index is 2.31. The van der Waals surface area contributed by atoms with E-state index in [0.717, 1.165) is 0 Å². The fourth-order valence-electron chi connectivity index (χ4n) is 2.68. The minimum atomic E-state index is -4.22. The van der Waals surface area contributed by atoms with Gasteiger partial charge in [-0.15, -0.1) is 0 Å². The number of rotatable bonds is 4. The van der Waals surface area contributed by atoms with Crippen molar-refractivity contribution in [1.82, 2.24) is 5.16 Å². The fraction of sp³-hybridized carbons (Fsp3) is 0.118. The molecule has 2 aromatic carbocycles. The largest absolute Gasteiger partial charge is 0.354 e. The van der Waals surface area contributed by atoms with E-state index in [2.05, 4.69) is 9.68 Å². The Labute approximate surface area is 166 Å². The van der Waals surface area contributed by atoms with Gasteiger partial charge in [-0.3, -0.25) is 0 Å². The van der Waals surface area contributed by atoms with E-state index >= 15 is 0 Å². The van der Waals surface area contributed by atoms with Crippen molar-refractivity contribution in [3.63, 3.8) is 0 Å². The molecule has 1 aromatic heterocycles. The Morgan fingerprint density at radius 2 is 1.50 bits per heavy atom. The predicted octanol–water partition coefficient (Wildman–Crippen LogP) is 5.93. The summed E-state index contributed by atoms with van der Waals surface area (Å²) in [5, 5.41) is 3.89. The molecular formula is C17H9Cl2F4NO3S. The minimum Gasteiger partial charge on any atom is -0.354 e. The molecule has 4 nitrogen and oxygen atoms in total. The summed E-state index contributed by atoms with van der Waals surface area (Å²) in [4.78, 5) is -1.17. The van der Waals surface area contributed by atoms with Crippen molar-refractivity contribution in [2.75, 3.05) is 6.26 Å². The average molecular weight is 454 g/mol. The van der Waals surface area contributed by atoms with E-state index in [1.54, 1.807) is 0 Å². The second kappa shape index (κ2) is 7.38. The fourth-order valence-corrected chi connectivity index (χ4v) is 4.03. The number of hydrogen-bond acceptors (Lipinski definition) is 4. The third-order valence-electron chi connectivity index (χ3n) is 3.71. The van der Waals surface area contributed by atoms with Gasteiger partial charge >= 0.3 is 0 Å². The molecule has 3 rings (SSSR count). The molecule has 0 aliphatic carbocycles. The maximum absolute atomic E-state index is 14.3. The zero-order chi connectivity index (χ0) is 20.8. The average Bonchev–Trinajstić information content (AvgIpc) is 2.96. The van der Waals surface area contributed by atoms with E-state index in [1.165, 1.54) is 18.2 Å². The van der Waals surface area contributed by atoms with Gasteiger partial charge in [0, 0.05) is 21.9 Å². The molecule has 0 unspecified atom stereocenters. The van der Waals surface area contributed by atoms with Gasteiger partial charge in [0.1, 0.15) is 22.2 Å². The highest BCUT2D eigenvalue weighted by Crippen LogP contribution is 2.41. The number of aromatic nitrogens is 1. The van der Waals surface area contributed by atoms with Gasteiger partial charge in [0.15, 0.2) is 9.84 Å². The lowest BCUT2D eigenvalue weighted by molar-refractivity contribution is 0.113. The van der Waals surface area contributed by atoms with Crippen molar-refractivity contribution < 1.29 is 30.5 Å². The van der Waals surface area contributed by atoms with Crippen molar-refractivity contribution in [1.29, 1.82) is 0 Å². The smallest absolute Gasteiger partial charge is 0.298 e. The van der Waals surface area contributed by atoms with E-state index in [-0.39, 0.29) is 26.9 Å². The Hall–Kier alpha value is -2.10. The molecule has 0 amide bonds. The normalized spacial score (nSPS) is 12.0. The Morgan fingerprint density at radius 1 is 0.964 bits per heavy atom. The highest BCUT2D eigenvalue weighted by atomic mass is 35.5. The number of alkyl halides is 2. The van der Waals surface area contributed by atoms with E-state index < -0.39 is 44.1 Å². The zero-order valence-corrected chi connectivity index (χ0v) is 16.1. The number of halogens is 6. The first-order valence-corrected chi connectivity index (χ1v) is 10.1. The van der Waals surface area contributed by atoms with Crippen molar-refractivity contribution >= 4 is 33.0 Å². The molecule has 3 aromatic rings. The van der Waals surface area contributed by atoms with E-state index in [9.17, 15) is 26.0 Å². The summed E-state index contributed by atoms with van der Waals surface area (Å²) < 4.78 is 83.2. The molecule has 0 radical (unpaired) electrons. The van der Waals surface area contributed by atoms with E-state index in [0.29, 0.717) is 18.4 Å². The van der Waals surface area contributed by atoms with Crippen molar-refractivity contribution in [3.05, 3.63) is 57.8 Å². The van der Waals surface area contributed by atoms with Gasteiger partial charge in [-0.05, 0) is 35.9 Å². The van der Waals surface area contributed by atoms with Crippen LogP contribution < -0.4 is 0 Å². The maximum Gasteiger partial charge on any atom is 0.298 e. The van der Waals surface area contributed by atoms with Gasteiger partial charge in [0.25, 0.3) is 6.43 Å². The number of nitrogens with zero attached hydrogens (tertiary/aromatic N) is 1. The van der Waals surface area contributed by atoms with Gasteiger partial charge < -0.3 is 4.52 Å². The molecule has 148 valence electrons. The summed E-state index contributed by atoms with van der Waals surface area (Å²) in [6.45, 7) is 0. The quantitative estimate of drug-likeness (QED) is 0.459. The summed E-state index contributed by atoms with van der Waals surface area (Å²) in [6.07, 6.45) is -2.54. The van der Waals surface area contributed by atoms with Crippen LogP contribution in [-0.4, -0.2) is 19.8 Å². The van der Waals surface area contributed by atoms with Crippen LogP contribution in [0.4, 0.5) is 17.6 Å². The molecular weight excluding hydrogens is 445 g/mol. The molecule has 0 spiro atoms. The number of hydrogen-bond donors (Lipinski definition) is 0. The SMILES string of the molecule is CS(=O)(=O)c1c(F)cc(-c2c(-c3cc(Cl)cc(Cl)c3)noc2C(F)F)cc1F. The van der Waals surface area contributed by atoms with Crippen molar-refractivity contribution in [3.8, 4) is 22.4 Å². The van der Waals surface area contributed by atoms with Crippen LogP contribution in [0, 0.1) is 11.6 Å². The molecule has 0 saturated carbocycles. The van der Waals surface area contributed by atoms with Crippen LogP contribution in [0.2, 0.25) is 10.0 Å². The molecule has 1 heterocycles. The molecule has 28 heavy (non-hydrogen) atoms. The first kappa shape index (κ1) is 20.6. The van der Waals surface area contributed by atoms with Crippen LogP contribution in [0.5, 0.6) is 0 Å². The molecule has 0 aliphatic heterocycles. The van der Waals surface area contributed by atoms with E-state index in [1.807, 2.05) is 0 Å². The van der Waals surface area contributed by atoms with Gasteiger partial charge in [-0.25, -0.2) is 26.0 Å². The van der Waals surface area contributed by atoms with Crippen LogP contribution in [0.15, 0.2) is 39.8 Å². The summed E-state index contributed by atoms with van der Waals surface area (Å²) >= 11 is 11.8. The van der Waals surface area contributed by atoms with Gasteiger partial charge in [-0.1, -0.05) is 28.4 Å². The summed E-state index contributed by atoms with van der Waals surface area (Å²) in [5.41, 5.74) is -0.821. The van der Waals surface area contributed by atoms with Crippen LogP contribution >= 0.6 is 23.2 Å². The summed E-state index contributed by atoms with van der Waals surface area (Å²) in [5.74, 6) is -3.82. The Kier molecular flexibility index (Phi) is 5.44. The second-order valence-corrected chi connectivity index (χ2v) is 8.60. The maximum atomic E-state index is 14.3. The second-order valence-electron chi connectivity index (χ2n) is 5.77. The third-order valence-corrected chi connectivity index (χ3v) is 5.28. The van der Waals surface area contributed by atoms with Crippen LogP contribution in [0.1, 0.15) is 12.2 Å². The number of benzene rings is 2. The van der Waals surface area contributed by atoms with Crippen LogP contribution in [0.3, 0.4) is 0 Å². The van der Waals surface area contributed by atoms with Crippen molar-refractivity contribution in [2.45, 2.75) is 11.3 Å². The number of sulfone groups is 1. The zero-order valence-electron chi connectivity index (χ0n) is 13.8. The predicted molar refractivity (Wildman–Crippen MR) is 95.4 cm³/mol. The summed E-state index contributed by atoms with van der Waals surface area (Å²) in [6, 6.07) is 5.32. The van der Waals surface area contributed by atoms with Crippen LogP contribution in [-0.2, 0) is 9.84 Å². The lowest BCUT2D eigenvalue weighted by Gasteiger charge is -2.09. The molecule has 0 N–H and O–H groups in total.